The zero-order valence-electron chi connectivity index (χ0n) is 26.7. The van der Waals surface area contributed by atoms with Crippen molar-refractivity contribution in [2.45, 2.75) is 77.8 Å². The van der Waals surface area contributed by atoms with Gasteiger partial charge in [-0.1, -0.05) is 38.1 Å². The van der Waals surface area contributed by atoms with Crippen LogP contribution in [0.5, 0.6) is 5.75 Å². The second-order valence-corrected chi connectivity index (χ2v) is 12.3. The number of nitrogens with zero attached hydrogens (tertiary/aromatic N) is 1. The van der Waals surface area contributed by atoms with Gasteiger partial charge in [-0.2, -0.15) is 0 Å². The van der Waals surface area contributed by atoms with Crippen molar-refractivity contribution in [3.8, 4) is 5.75 Å². The zero-order chi connectivity index (χ0) is 32.3. The quantitative estimate of drug-likeness (QED) is 0.206. The SMILES string of the molecule is CCCN(CCC)C(=O)c1cc(C)cc(C(=O)N[C@@H](Cc2cccc(F)c2)C(=O)C2CCC(CCc3cccc(O)c3)CN2)c1. The maximum atomic E-state index is 14.1. The molecular formula is C37H46FN3O4. The number of halogens is 1. The Morgan fingerprint density at radius 2 is 1.67 bits per heavy atom. The number of rotatable bonds is 14. The first-order chi connectivity index (χ1) is 21.7. The summed E-state index contributed by atoms with van der Waals surface area (Å²) in [6.45, 7) is 7.84. The van der Waals surface area contributed by atoms with Crippen molar-refractivity contribution in [2.24, 2.45) is 5.92 Å². The third-order valence-electron chi connectivity index (χ3n) is 8.45. The molecular weight excluding hydrogens is 569 g/mol. The van der Waals surface area contributed by atoms with Crippen molar-refractivity contribution in [1.82, 2.24) is 15.5 Å². The first-order valence-electron chi connectivity index (χ1n) is 16.2. The van der Waals surface area contributed by atoms with Gasteiger partial charge in [0.05, 0.1) is 12.1 Å². The maximum absolute atomic E-state index is 14.1. The lowest BCUT2D eigenvalue weighted by molar-refractivity contribution is -0.123. The molecule has 0 radical (unpaired) electrons. The van der Waals surface area contributed by atoms with Crippen LogP contribution in [-0.2, 0) is 17.6 Å². The van der Waals surface area contributed by atoms with E-state index in [4.69, 9.17) is 0 Å². The van der Waals surface area contributed by atoms with E-state index in [9.17, 15) is 23.9 Å². The number of benzene rings is 3. The number of Topliss-reactive ketones (excluding diaryl/α,β-unsaturated/α-hetero) is 1. The Morgan fingerprint density at radius 3 is 2.33 bits per heavy atom. The van der Waals surface area contributed by atoms with E-state index in [1.807, 2.05) is 32.9 Å². The van der Waals surface area contributed by atoms with Gasteiger partial charge < -0.3 is 20.6 Å². The smallest absolute Gasteiger partial charge is 0.253 e. The third-order valence-corrected chi connectivity index (χ3v) is 8.45. The summed E-state index contributed by atoms with van der Waals surface area (Å²) in [5.74, 6) is -0.458. The molecule has 0 spiro atoms. The number of carbonyl (C=O) groups excluding carboxylic acids is 3. The third kappa shape index (κ3) is 9.72. The van der Waals surface area contributed by atoms with E-state index in [0.717, 1.165) is 43.2 Å². The molecule has 1 aliphatic heterocycles. The molecule has 1 heterocycles. The minimum atomic E-state index is -0.878. The van der Waals surface area contributed by atoms with Gasteiger partial charge in [0, 0.05) is 24.2 Å². The Labute approximate surface area is 266 Å². The van der Waals surface area contributed by atoms with Crippen LogP contribution in [0.25, 0.3) is 0 Å². The van der Waals surface area contributed by atoms with Crippen LogP contribution in [-0.4, -0.2) is 59.3 Å². The highest BCUT2D eigenvalue weighted by Gasteiger charge is 2.32. The summed E-state index contributed by atoms with van der Waals surface area (Å²) in [6, 6.07) is 17.2. The van der Waals surface area contributed by atoms with Gasteiger partial charge in [0.25, 0.3) is 11.8 Å². The van der Waals surface area contributed by atoms with Gasteiger partial charge in [-0.3, -0.25) is 14.4 Å². The van der Waals surface area contributed by atoms with Gasteiger partial charge in [0.1, 0.15) is 11.6 Å². The van der Waals surface area contributed by atoms with Crippen LogP contribution < -0.4 is 10.6 Å². The van der Waals surface area contributed by atoms with E-state index < -0.39 is 23.8 Å². The molecule has 0 bridgehead atoms. The number of ketones is 1. The maximum Gasteiger partial charge on any atom is 0.253 e. The summed E-state index contributed by atoms with van der Waals surface area (Å²) < 4.78 is 14.1. The number of aryl methyl sites for hydroxylation is 2. The lowest BCUT2D eigenvalue weighted by Gasteiger charge is -2.31. The number of phenols is 1. The van der Waals surface area contributed by atoms with Crippen LogP contribution >= 0.6 is 0 Å². The predicted octanol–water partition coefficient (Wildman–Crippen LogP) is 6.01. The topological polar surface area (TPSA) is 98.7 Å². The van der Waals surface area contributed by atoms with Crippen molar-refractivity contribution < 1.29 is 23.9 Å². The average molecular weight is 616 g/mol. The molecule has 2 unspecified atom stereocenters. The fourth-order valence-corrected chi connectivity index (χ4v) is 6.17. The highest BCUT2D eigenvalue weighted by molar-refractivity contribution is 6.02. The molecule has 3 aromatic rings. The number of piperidine rings is 1. The number of phenolic OH excluding ortho intramolecular Hbond substituents is 1. The molecule has 240 valence electrons. The molecule has 1 fully saturated rings. The normalized spacial score (nSPS) is 17.0. The molecule has 0 aliphatic carbocycles. The van der Waals surface area contributed by atoms with Crippen molar-refractivity contribution in [3.05, 3.63) is 100 Å². The number of nitrogens with one attached hydrogen (secondary N) is 2. The minimum Gasteiger partial charge on any atom is -0.508 e. The average Bonchev–Trinajstić information content (AvgIpc) is 3.02. The van der Waals surface area contributed by atoms with E-state index in [1.165, 1.54) is 12.1 Å². The van der Waals surface area contributed by atoms with E-state index in [-0.39, 0.29) is 23.9 Å². The summed E-state index contributed by atoms with van der Waals surface area (Å²) in [7, 11) is 0. The zero-order valence-corrected chi connectivity index (χ0v) is 26.7. The van der Waals surface area contributed by atoms with Crippen molar-refractivity contribution >= 4 is 17.6 Å². The summed E-state index contributed by atoms with van der Waals surface area (Å²) in [6.07, 6.45) is 5.09. The molecule has 1 saturated heterocycles. The van der Waals surface area contributed by atoms with Crippen molar-refractivity contribution in [3.63, 3.8) is 0 Å². The van der Waals surface area contributed by atoms with Crippen LogP contribution in [0.2, 0.25) is 0 Å². The second kappa shape index (κ2) is 16.3. The molecule has 3 aromatic carbocycles. The Balaban J connectivity index is 1.47. The molecule has 7 nitrogen and oxygen atoms in total. The van der Waals surface area contributed by atoms with Gasteiger partial charge in [0.15, 0.2) is 5.78 Å². The summed E-state index contributed by atoms with van der Waals surface area (Å²) in [4.78, 5) is 42.7. The minimum absolute atomic E-state index is 0.117. The molecule has 0 saturated carbocycles. The molecule has 0 aromatic heterocycles. The van der Waals surface area contributed by atoms with E-state index in [1.54, 1.807) is 47.4 Å². The van der Waals surface area contributed by atoms with Gasteiger partial charge in [0.2, 0.25) is 0 Å². The lowest BCUT2D eigenvalue weighted by atomic mass is 9.86. The second-order valence-electron chi connectivity index (χ2n) is 12.3. The number of hydrogen-bond acceptors (Lipinski definition) is 5. The Kier molecular flexibility index (Phi) is 12.3. The van der Waals surface area contributed by atoms with Crippen molar-refractivity contribution in [1.29, 1.82) is 0 Å². The van der Waals surface area contributed by atoms with Crippen LogP contribution in [0.3, 0.4) is 0 Å². The number of aromatic hydroxyl groups is 1. The van der Waals surface area contributed by atoms with Crippen LogP contribution in [0.15, 0.2) is 66.7 Å². The highest BCUT2D eigenvalue weighted by Crippen LogP contribution is 2.23. The van der Waals surface area contributed by atoms with Gasteiger partial charge >= 0.3 is 0 Å². The summed E-state index contributed by atoms with van der Waals surface area (Å²) >= 11 is 0. The molecule has 8 heteroatoms. The van der Waals surface area contributed by atoms with Gasteiger partial charge in [-0.05, 0) is 123 Å². The summed E-state index contributed by atoms with van der Waals surface area (Å²) in [5, 5.41) is 16.1. The number of carbonyl (C=O) groups is 3. The Hall–Kier alpha value is -4.04. The number of hydrogen-bond donors (Lipinski definition) is 3. The van der Waals surface area contributed by atoms with Crippen LogP contribution in [0.4, 0.5) is 4.39 Å². The molecule has 4 rings (SSSR count). The Bertz CT molecular complexity index is 1460. The van der Waals surface area contributed by atoms with Gasteiger partial charge in [-0.25, -0.2) is 4.39 Å². The first-order valence-corrected chi connectivity index (χ1v) is 16.2. The van der Waals surface area contributed by atoms with Crippen molar-refractivity contribution in [2.75, 3.05) is 19.6 Å². The van der Waals surface area contributed by atoms with E-state index in [2.05, 4.69) is 10.6 Å². The van der Waals surface area contributed by atoms with E-state index >= 15 is 0 Å². The van der Waals surface area contributed by atoms with Crippen LogP contribution in [0, 0.1) is 18.7 Å². The highest BCUT2D eigenvalue weighted by atomic mass is 19.1. The fourth-order valence-electron chi connectivity index (χ4n) is 6.17. The lowest BCUT2D eigenvalue weighted by Crippen LogP contribution is -2.53. The molecule has 3 N–H and O–H groups in total. The molecule has 2 amide bonds. The first kappa shape index (κ1) is 33.8. The Morgan fingerprint density at radius 1 is 0.956 bits per heavy atom. The predicted molar refractivity (Wildman–Crippen MR) is 175 cm³/mol. The fraction of sp³-hybridized carbons (Fsp3) is 0.432. The monoisotopic (exact) mass is 615 g/mol. The standard InChI is InChI=1S/C37H46FN3O4/c1-4-16-41(17-5-2)37(45)30-19-25(3)18-29(23-30)36(44)40-34(22-28-9-6-10-31(38)20-28)35(43)33-15-14-27(24-39-33)13-12-26-8-7-11-32(42)21-26/h6-11,18-21,23,27,33-34,39,42H,4-5,12-17,22,24H2,1-3H3,(H,40,44)/t27?,33?,34-/m0/s1. The van der Waals surface area contributed by atoms with Gasteiger partial charge in [-0.15, -0.1) is 0 Å². The molecule has 45 heavy (non-hydrogen) atoms. The van der Waals surface area contributed by atoms with Crippen LogP contribution in [0.1, 0.15) is 83.4 Å². The number of amides is 2. The summed E-state index contributed by atoms with van der Waals surface area (Å²) in [5.41, 5.74) is 3.23. The molecule has 3 atom stereocenters. The molecule has 1 aliphatic rings. The van der Waals surface area contributed by atoms with E-state index in [0.29, 0.717) is 48.7 Å². The largest absolute Gasteiger partial charge is 0.508 e.